The molecule has 0 aliphatic carbocycles. The van der Waals surface area contributed by atoms with Crippen LogP contribution in [0.15, 0.2) is 29.1 Å². The molecule has 43 heavy (non-hydrogen) atoms. The molecular formula is C33H38N4O6. The molecule has 3 aromatic rings. The minimum absolute atomic E-state index is 0.0649. The van der Waals surface area contributed by atoms with Gasteiger partial charge in [0, 0.05) is 36.1 Å². The summed E-state index contributed by atoms with van der Waals surface area (Å²) in [5.41, 5.74) is 2.11. The number of likely N-dealkylation sites (tertiary alicyclic amines) is 2. The second-order valence-electron chi connectivity index (χ2n) is 12.2. The number of carbonyl (C=O) groups is 2. The highest BCUT2D eigenvalue weighted by Gasteiger charge is 2.45. The van der Waals surface area contributed by atoms with Gasteiger partial charge in [-0.15, -0.1) is 0 Å². The lowest BCUT2D eigenvalue weighted by atomic mass is 9.86. The Morgan fingerprint density at radius 3 is 2.65 bits per heavy atom. The standard InChI is InChI=1S/C33H38N4O6/c1-3-20-11-12-26(43-32(40)36-15-9-6-10-27(36)35-13-7-5-8-14-35)22-16-21-18-37-25(29(21)34-28(20)22)17-24-23(30(37)38)19-42-31(39)33(24,41)4-2/h11-12,16-17,27,41H,3-10,13-15,18-19H2,1-2H3/t27?,33-/m0/s1. The van der Waals surface area contributed by atoms with E-state index in [1.165, 1.54) is 6.42 Å². The number of aryl methyl sites for hydroxylation is 1. The van der Waals surface area contributed by atoms with Crippen LogP contribution < -0.4 is 10.3 Å². The number of nitrogens with zero attached hydrogens (tertiary/aromatic N) is 4. The lowest BCUT2D eigenvalue weighted by Gasteiger charge is -2.43. The minimum atomic E-state index is -1.88. The molecule has 6 heterocycles. The zero-order valence-corrected chi connectivity index (χ0v) is 24.9. The van der Waals surface area contributed by atoms with Crippen LogP contribution in [0.25, 0.3) is 22.3 Å². The number of amides is 1. The van der Waals surface area contributed by atoms with Crippen molar-refractivity contribution in [3.05, 3.63) is 56.9 Å². The Morgan fingerprint density at radius 2 is 1.88 bits per heavy atom. The summed E-state index contributed by atoms with van der Waals surface area (Å²) in [6, 6.07) is 7.49. The second-order valence-corrected chi connectivity index (χ2v) is 12.2. The smallest absolute Gasteiger partial charge is 0.416 e. The number of aliphatic hydroxyl groups is 1. The molecule has 0 spiro atoms. The van der Waals surface area contributed by atoms with Crippen LogP contribution in [0.5, 0.6) is 5.75 Å². The van der Waals surface area contributed by atoms with Crippen molar-refractivity contribution in [3.63, 3.8) is 0 Å². The number of rotatable bonds is 4. The van der Waals surface area contributed by atoms with Gasteiger partial charge in [-0.05, 0) is 68.7 Å². The largest absolute Gasteiger partial charge is 0.458 e. The van der Waals surface area contributed by atoms with Crippen LogP contribution in [0.4, 0.5) is 4.79 Å². The van der Waals surface area contributed by atoms with E-state index >= 15 is 0 Å². The number of hydrogen-bond acceptors (Lipinski definition) is 8. The molecule has 10 nitrogen and oxygen atoms in total. The SMILES string of the molecule is CCc1ccc(OC(=O)N2CCCCC2N2CCCCC2)c2cc3c(nc12)-c1cc2c(c(=O)n1C3)COC(=O)[C@]2(O)CC. The fourth-order valence-electron chi connectivity index (χ4n) is 7.35. The van der Waals surface area contributed by atoms with Gasteiger partial charge in [0.25, 0.3) is 5.56 Å². The number of pyridine rings is 2. The molecule has 226 valence electrons. The summed E-state index contributed by atoms with van der Waals surface area (Å²) in [6.45, 7) is 6.55. The highest BCUT2D eigenvalue weighted by molar-refractivity contribution is 5.93. The first-order valence-electron chi connectivity index (χ1n) is 15.7. The first-order valence-corrected chi connectivity index (χ1v) is 15.7. The molecule has 1 N–H and O–H groups in total. The molecule has 2 aromatic heterocycles. The van der Waals surface area contributed by atoms with Crippen LogP contribution in [-0.4, -0.2) is 62.3 Å². The number of ether oxygens (including phenoxy) is 2. The molecule has 10 heteroatoms. The van der Waals surface area contributed by atoms with Gasteiger partial charge in [0.15, 0.2) is 5.60 Å². The van der Waals surface area contributed by atoms with Gasteiger partial charge in [-0.3, -0.25) is 14.6 Å². The number of cyclic esters (lactones) is 1. The van der Waals surface area contributed by atoms with E-state index in [9.17, 15) is 19.5 Å². The number of benzene rings is 1. The van der Waals surface area contributed by atoms with E-state index in [0.717, 1.165) is 68.1 Å². The third kappa shape index (κ3) is 4.45. The average molecular weight is 587 g/mol. The predicted molar refractivity (Wildman–Crippen MR) is 160 cm³/mol. The van der Waals surface area contributed by atoms with Crippen LogP contribution in [0, 0.1) is 0 Å². The van der Waals surface area contributed by atoms with Gasteiger partial charge in [-0.1, -0.05) is 26.3 Å². The van der Waals surface area contributed by atoms with Crippen molar-refractivity contribution in [1.29, 1.82) is 0 Å². The van der Waals surface area contributed by atoms with E-state index in [-0.39, 0.29) is 37.4 Å². The lowest BCUT2D eigenvalue weighted by molar-refractivity contribution is -0.172. The van der Waals surface area contributed by atoms with E-state index < -0.39 is 11.6 Å². The summed E-state index contributed by atoms with van der Waals surface area (Å²) in [4.78, 5) is 49.2. The van der Waals surface area contributed by atoms with E-state index in [2.05, 4.69) is 4.90 Å². The van der Waals surface area contributed by atoms with Gasteiger partial charge in [-0.2, -0.15) is 0 Å². The molecule has 0 radical (unpaired) electrons. The quantitative estimate of drug-likeness (QED) is 0.349. The number of carbonyl (C=O) groups excluding carboxylic acids is 2. The van der Waals surface area contributed by atoms with Crippen molar-refractivity contribution in [3.8, 4) is 17.1 Å². The number of piperidine rings is 2. The highest BCUT2D eigenvalue weighted by Crippen LogP contribution is 2.40. The molecule has 1 unspecified atom stereocenters. The fraction of sp³-hybridized carbons (Fsp3) is 0.515. The summed E-state index contributed by atoms with van der Waals surface area (Å²) in [5.74, 6) is -0.287. The molecule has 4 aliphatic rings. The van der Waals surface area contributed by atoms with Gasteiger partial charge >= 0.3 is 12.1 Å². The number of aromatic nitrogens is 2. The first-order chi connectivity index (χ1) is 20.8. The number of fused-ring (bicyclic) bond motifs is 5. The Kier molecular flexibility index (Phi) is 7.01. The van der Waals surface area contributed by atoms with Crippen LogP contribution in [-0.2, 0) is 34.7 Å². The molecule has 2 atom stereocenters. The van der Waals surface area contributed by atoms with E-state index in [1.807, 2.05) is 30.0 Å². The molecule has 7 rings (SSSR count). The van der Waals surface area contributed by atoms with Crippen LogP contribution >= 0.6 is 0 Å². The summed E-state index contributed by atoms with van der Waals surface area (Å²) in [5, 5.41) is 11.9. The Bertz CT molecular complexity index is 1690. The Hall–Kier alpha value is -3.76. The number of esters is 1. The van der Waals surface area contributed by atoms with Crippen molar-refractivity contribution in [2.24, 2.45) is 0 Å². The van der Waals surface area contributed by atoms with Crippen molar-refractivity contribution in [2.75, 3.05) is 19.6 Å². The van der Waals surface area contributed by atoms with E-state index in [1.54, 1.807) is 17.6 Å². The summed E-state index contributed by atoms with van der Waals surface area (Å²) >= 11 is 0. The Morgan fingerprint density at radius 1 is 1.09 bits per heavy atom. The highest BCUT2D eigenvalue weighted by atomic mass is 16.6. The lowest BCUT2D eigenvalue weighted by Crippen LogP contribution is -2.55. The minimum Gasteiger partial charge on any atom is -0.458 e. The van der Waals surface area contributed by atoms with Gasteiger partial charge in [-0.25, -0.2) is 14.6 Å². The average Bonchev–Trinajstić information content (AvgIpc) is 3.40. The summed E-state index contributed by atoms with van der Waals surface area (Å²) in [7, 11) is 0. The normalized spacial score (nSPS) is 23.5. The fourth-order valence-corrected chi connectivity index (χ4v) is 7.35. The summed E-state index contributed by atoms with van der Waals surface area (Å²) < 4.78 is 13.0. The van der Waals surface area contributed by atoms with E-state index in [4.69, 9.17) is 14.5 Å². The van der Waals surface area contributed by atoms with Crippen molar-refractivity contribution in [2.45, 2.75) is 90.1 Å². The monoisotopic (exact) mass is 586 g/mol. The zero-order valence-electron chi connectivity index (χ0n) is 24.9. The van der Waals surface area contributed by atoms with Crippen molar-refractivity contribution in [1.82, 2.24) is 19.4 Å². The Labute approximate surface area is 250 Å². The first kappa shape index (κ1) is 28.0. The van der Waals surface area contributed by atoms with Gasteiger partial charge < -0.3 is 19.1 Å². The Balaban J connectivity index is 1.27. The van der Waals surface area contributed by atoms with Crippen molar-refractivity contribution >= 4 is 23.0 Å². The van der Waals surface area contributed by atoms with Gasteiger partial charge in [0.1, 0.15) is 12.4 Å². The molecule has 0 bridgehead atoms. The second kappa shape index (κ2) is 10.7. The van der Waals surface area contributed by atoms with Crippen molar-refractivity contribution < 1.29 is 24.2 Å². The van der Waals surface area contributed by atoms with E-state index in [0.29, 0.717) is 40.3 Å². The molecule has 4 aliphatic heterocycles. The van der Waals surface area contributed by atoms with Gasteiger partial charge in [0.05, 0.1) is 35.2 Å². The van der Waals surface area contributed by atoms with Crippen LogP contribution in [0.1, 0.15) is 81.0 Å². The van der Waals surface area contributed by atoms with Crippen LogP contribution in [0.2, 0.25) is 0 Å². The third-order valence-electron chi connectivity index (χ3n) is 9.82. The topological polar surface area (TPSA) is 114 Å². The van der Waals surface area contributed by atoms with Gasteiger partial charge in [0.2, 0.25) is 0 Å². The summed E-state index contributed by atoms with van der Waals surface area (Å²) in [6.07, 6.45) is 7.13. The maximum Gasteiger partial charge on any atom is 0.416 e. The molecule has 2 saturated heterocycles. The molecule has 2 fully saturated rings. The third-order valence-corrected chi connectivity index (χ3v) is 9.82. The zero-order chi connectivity index (χ0) is 29.9. The molecule has 1 aromatic carbocycles. The number of hydrogen-bond donors (Lipinski definition) is 1. The molecular weight excluding hydrogens is 548 g/mol. The predicted octanol–water partition coefficient (Wildman–Crippen LogP) is 4.44. The molecule has 0 saturated carbocycles. The van der Waals surface area contributed by atoms with Crippen LogP contribution in [0.3, 0.4) is 0 Å². The molecule has 1 amide bonds. The maximum atomic E-state index is 13.7. The maximum absolute atomic E-state index is 13.7.